The van der Waals surface area contributed by atoms with Crippen LogP contribution in [0.5, 0.6) is 0 Å². The Morgan fingerprint density at radius 1 is 1.12 bits per heavy atom. The molecule has 0 saturated carbocycles. The summed E-state index contributed by atoms with van der Waals surface area (Å²) in [5.41, 5.74) is 2.10. The van der Waals surface area contributed by atoms with Crippen LogP contribution in [0.2, 0.25) is 0 Å². The van der Waals surface area contributed by atoms with Crippen LogP contribution < -0.4 is 5.32 Å². The number of carboxylic acid groups (broad SMARTS) is 1. The van der Waals surface area contributed by atoms with E-state index in [-0.39, 0.29) is 18.0 Å². The van der Waals surface area contributed by atoms with Gasteiger partial charge in [-0.1, -0.05) is 18.2 Å². The molecule has 5 nitrogen and oxygen atoms in total. The molecule has 0 unspecified atom stereocenters. The van der Waals surface area contributed by atoms with Crippen molar-refractivity contribution < 1.29 is 14.3 Å². The summed E-state index contributed by atoms with van der Waals surface area (Å²) < 4.78 is 5.77. The van der Waals surface area contributed by atoms with E-state index in [9.17, 15) is 4.79 Å². The van der Waals surface area contributed by atoms with Crippen LogP contribution in [0.15, 0.2) is 65.3 Å². The Kier molecular flexibility index (Phi) is 6.12. The number of halogens is 1. The van der Waals surface area contributed by atoms with E-state index in [0.29, 0.717) is 18.8 Å². The van der Waals surface area contributed by atoms with Gasteiger partial charge in [-0.15, -0.1) is 12.4 Å². The van der Waals surface area contributed by atoms with Crippen molar-refractivity contribution in [2.24, 2.45) is 0 Å². The predicted molar refractivity (Wildman–Crippen MR) is 93.1 cm³/mol. The highest BCUT2D eigenvalue weighted by Gasteiger charge is 2.08. The van der Waals surface area contributed by atoms with Crippen molar-refractivity contribution in [3.05, 3.63) is 77.8 Å². The maximum absolute atomic E-state index is 11.0. The van der Waals surface area contributed by atoms with Gasteiger partial charge in [-0.3, -0.25) is 4.98 Å². The molecule has 0 aliphatic heterocycles. The normalized spacial score (nSPS) is 10.2. The fourth-order valence-electron chi connectivity index (χ4n) is 2.27. The average molecular weight is 345 g/mol. The molecule has 3 aromatic rings. The minimum absolute atomic E-state index is 0. The molecule has 0 spiro atoms. The van der Waals surface area contributed by atoms with Crippen molar-refractivity contribution in [1.29, 1.82) is 0 Å². The molecular formula is C18H17ClN2O3. The zero-order chi connectivity index (χ0) is 16.1. The second kappa shape index (κ2) is 8.29. The zero-order valence-corrected chi connectivity index (χ0v) is 13.6. The quantitative estimate of drug-likeness (QED) is 0.712. The van der Waals surface area contributed by atoms with Crippen molar-refractivity contribution in [3.63, 3.8) is 0 Å². The van der Waals surface area contributed by atoms with Crippen LogP contribution in [0.1, 0.15) is 21.7 Å². The van der Waals surface area contributed by atoms with E-state index in [2.05, 4.69) is 10.3 Å². The maximum Gasteiger partial charge on any atom is 0.335 e. The molecule has 0 atom stereocenters. The molecule has 24 heavy (non-hydrogen) atoms. The zero-order valence-electron chi connectivity index (χ0n) is 12.8. The van der Waals surface area contributed by atoms with Crippen molar-refractivity contribution in [2.45, 2.75) is 13.1 Å². The Bertz CT molecular complexity index is 803. The molecule has 0 fully saturated rings. The van der Waals surface area contributed by atoms with Crippen molar-refractivity contribution in [3.8, 4) is 11.3 Å². The molecular weight excluding hydrogens is 328 g/mol. The molecule has 0 bridgehead atoms. The molecule has 124 valence electrons. The van der Waals surface area contributed by atoms with Crippen LogP contribution in [0.25, 0.3) is 11.3 Å². The largest absolute Gasteiger partial charge is 0.478 e. The number of furan rings is 1. The first-order valence-corrected chi connectivity index (χ1v) is 7.24. The van der Waals surface area contributed by atoms with Crippen LogP contribution in [-0.4, -0.2) is 16.1 Å². The van der Waals surface area contributed by atoms with Crippen molar-refractivity contribution in [1.82, 2.24) is 10.3 Å². The number of hydrogen-bond acceptors (Lipinski definition) is 4. The number of nitrogens with zero attached hydrogens (tertiary/aromatic N) is 1. The first-order valence-electron chi connectivity index (χ1n) is 7.24. The highest BCUT2D eigenvalue weighted by Crippen LogP contribution is 2.23. The first-order chi connectivity index (χ1) is 11.2. The summed E-state index contributed by atoms with van der Waals surface area (Å²) in [6.07, 6.45) is 3.56. The van der Waals surface area contributed by atoms with Gasteiger partial charge in [0.25, 0.3) is 0 Å². The number of aromatic nitrogens is 1. The van der Waals surface area contributed by atoms with Crippen LogP contribution in [0.3, 0.4) is 0 Å². The monoisotopic (exact) mass is 344 g/mol. The number of carbonyl (C=O) groups is 1. The highest BCUT2D eigenvalue weighted by molar-refractivity contribution is 5.89. The third kappa shape index (κ3) is 4.44. The minimum atomic E-state index is -0.947. The Hall–Kier alpha value is -2.63. The van der Waals surface area contributed by atoms with E-state index in [1.807, 2.05) is 36.5 Å². The lowest BCUT2D eigenvalue weighted by atomic mass is 10.1. The maximum atomic E-state index is 11.0. The molecule has 2 heterocycles. The summed E-state index contributed by atoms with van der Waals surface area (Å²) in [5, 5.41) is 12.3. The third-order valence-corrected chi connectivity index (χ3v) is 3.41. The first kappa shape index (κ1) is 17.7. The van der Waals surface area contributed by atoms with E-state index in [1.54, 1.807) is 24.4 Å². The molecule has 2 aromatic heterocycles. The number of rotatable bonds is 6. The standard InChI is InChI=1S/C18H16N2O3.ClH/c21-18(22)15-5-1-4-14(9-15)17-7-6-16(23-17)12-20-11-13-3-2-8-19-10-13;/h1-10,20H,11-12H2,(H,21,22);1H. The summed E-state index contributed by atoms with van der Waals surface area (Å²) in [6.45, 7) is 1.30. The molecule has 3 rings (SSSR count). The molecule has 1 aromatic carbocycles. The molecule has 6 heteroatoms. The lowest BCUT2D eigenvalue weighted by Gasteiger charge is -2.03. The number of hydrogen-bond donors (Lipinski definition) is 2. The minimum Gasteiger partial charge on any atom is -0.478 e. The number of carboxylic acids is 1. The number of nitrogens with one attached hydrogen (secondary N) is 1. The molecule has 2 N–H and O–H groups in total. The smallest absolute Gasteiger partial charge is 0.335 e. The fraction of sp³-hybridized carbons (Fsp3) is 0.111. The number of aromatic carboxylic acids is 1. The van der Waals surface area contributed by atoms with E-state index in [0.717, 1.165) is 16.9 Å². The van der Waals surface area contributed by atoms with E-state index >= 15 is 0 Å². The lowest BCUT2D eigenvalue weighted by molar-refractivity contribution is 0.0697. The van der Waals surface area contributed by atoms with Gasteiger partial charge in [0, 0.05) is 24.5 Å². The van der Waals surface area contributed by atoms with Gasteiger partial charge in [0.2, 0.25) is 0 Å². The lowest BCUT2D eigenvalue weighted by Crippen LogP contribution is -2.12. The van der Waals surface area contributed by atoms with E-state index in [4.69, 9.17) is 9.52 Å². The van der Waals surface area contributed by atoms with Crippen molar-refractivity contribution in [2.75, 3.05) is 0 Å². The van der Waals surface area contributed by atoms with Gasteiger partial charge in [-0.2, -0.15) is 0 Å². The van der Waals surface area contributed by atoms with Gasteiger partial charge in [-0.25, -0.2) is 4.79 Å². The second-order valence-corrected chi connectivity index (χ2v) is 5.12. The molecule has 0 radical (unpaired) electrons. The Balaban J connectivity index is 0.00000208. The molecule has 0 aliphatic carbocycles. The predicted octanol–water partition coefficient (Wildman–Crippen LogP) is 3.75. The Morgan fingerprint density at radius 2 is 2.00 bits per heavy atom. The summed E-state index contributed by atoms with van der Waals surface area (Å²) in [5.74, 6) is 0.507. The van der Waals surface area contributed by atoms with Crippen LogP contribution >= 0.6 is 12.4 Å². The fourth-order valence-corrected chi connectivity index (χ4v) is 2.27. The van der Waals surface area contributed by atoms with Crippen molar-refractivity contribution >= 4 is 18.4 Å². The highest BCUT2D eigenvalue weighted by atomic mass is 35.5. The average Bonchev–Trinajstić information content (AvgIpc) is 3.05. The van der Waals surface area contributed by atoms with Crippen LogP contribution in [-0.2, 0) is 13.1 Å². The molecule has 0 saturated heterocycles. The summed E-state index contributed by atoms with van der Waals surface area (Å²) in [4.78, 5) is 15.1. The summed E-state index contributed by atoms with van der Waals surface area (Å²) in [7, 11) is 0. The van der Waals surface area contributed by atoms with Gasteiger partial charge < -0.3 is 14.8 Å². The van der Waals surface area contributed by atoms with E-state index in [1.165, 1.54) is 0 Å². The number of pyridine rings is 1. The SMILES string of the molecule is Cl.O=C(O)c1cccc(-c2ccc(CNCc3cccnc3)o2)c1. The Labute approximate surface area is 145 Å². The van der Waals surface area contributed by atoms with Crippen LogP contribution in [0.4, 0.5) is 0 Å². The second-order valence-electron chi connectivity index (χ2n) is 5.12. The van der Waals surface area contributed by atoms with Gasteiger partial charge in [-0.05, 0) is 35.9 Å². The topological polar surface area (TPSA) is 75.4 Å². The third-order valence-electron chi connectivity index (χ3n) is 3.41. The summed E-state index contributed by atoms with van der Waals surface area (Å²) >= 11 is 0. The number of benzene rings is 1. The van der Waals surface area contributed by atoms with Gasteiger partial charge >= 0.3 is 5.97 Å². The molecule has 0 amide bonds. The van der Waals surface area contributed by atoms with Crippen LogP contribution in [0, 0.1) is 0 Å². The molecule has 0 aliphatic rings. The van der Waals surface area contributed by atoms with Gasteiger partial charge in [0.1, 0.15) is 11.5 Å². The van der Waals surface area contributed by atoms with Gasteiger partial charge in [0.15, 0.2) is 0 Å². The van der Waals surface area contributed by atoms with Gasteiger partial charge in [0.05, 0.1) is 12.1 Å². The summed E-state index contributed by atoms with van der Waals surface area (Å²) in [6, 6.07) is 14.3. The van der Waals surface area contributed by atoms with E-state index < -0.39 is 5.97 Å². The Morgan fingerprint density at radius 3 is 2.75 bits per heavy atom.